The minimum absolute atomic E-state index is 0.235. The average Bonchev–Trinajstić information content (AvgIpc) is 3.22. The lowest BCUT2D eigenvalue weighted by Crippen LogP contribution is -2.42. The van der Waals surface area contributed by atoms with Gasteiger partial charge in [-0.05, 0) is 78.4 Å². The number of alkyl carbamates (subject to hydrolysis) is 1. The first-order valence-electron chi connectivity index (χ1n) is 12.8. The number of hydrogen-bond donors (Lipinski definition) is 2. The van der Waals surface area contributed by atoms with Gasteiger partial charge in [0.2, 0.25) is 5.92 Å². The van der Waals surface area contributed by atoms with Gasteiger partial charge in [0.1, 0.15) is 5.60 Å². The molecule has 2 aromatic heterocycles. The fourth-order valence-corrected chi connectivity index (χ4v) is 7.34. The minimum Gasteiger partial charge on any atom is -0.569 e. The summed E-state index contributed by atoms with van der Waals surface area (Å²) in [5, 5.41) is 7.29. The van der Waals surface area contributed by atoms with Crippen molar-refractivity contribution in [1.82, 2.24) is 24.6 Å². The Hall–Kier alpha value is -1.67. The lowest BCUT2D eigenvalue weighted by molar-refractivity contribution is -0.0500. The van der Waals surface area contributed by atoms with Gasteiger partial charge in [-0.15, -0.1) is 0 Å². The van der Waals surface area contributed by atoms with Crippen molar-refractivity contribution in [2.75, 3.05) is 0 Å². The van der Waals surface area contributed by atoms with E-state index in [0.717, 1.165) is 0 Å². The van der Waals surface area contributed by atoms with Crippen molar-refractivity contribution in [1.29, 1.82) is 0 Å². The summed E-state index contributed by atoms with van der Waals surface area (Å²) in [5.41, 5.74) is 0.972. The maximum absolute atomic E-state index is 13.9. The summed E-state index contributed by atoms with van der Waals surface area (Å²) >= 11 is 0. The van der Waals surface area contributed by atoms with E-state index in [9.17, 15) is 22.7 Å². The number of amides is 1. The third kappa shape index (κ3) is 8.17. The SMILES string of the molecule is CC[C@@H](N[S+]([O-])[S+]([O-])C(C)(C)C)c1cnn2cc([C@@H](NC(=O)OC(C)(C)C)C3CCC(F)(F)CC3)nc2c1. The molecule has 0 spiro atoms. The van der Waals surface area contributed by atoms with Crippen LogP contribution in [0.3, 0.4) is 0 Å². The van der Waals surface area contributed by atoms with Crippen molar-refractivity contribution in [2.24, 2.45) is 5.92 Å². The molecule has 1 aliphatic carbocycles. The summed E-state index contributed by atoms with van der Waals surface area (Å²) in [6.07, 6.45) is 3.18. The van der Waals surface area contributed by atoms with Crippen molar-refractivity contribution >= 4 is 32.3 Å². The molecule has 2 aromatic rings. The summed E-state index contributed by atoms with van der Waals surface area (Å²) in [4.78, 5) is 17.3. The smallest absolute Gasteiger partial charge is 0.408 e. The molecular formula is C25H39F2N5O4S2. The number of nitrogens with zero attached hydrogens (tertiary/aromatic N) is 3. The van der Waals surface area contributed by atoms with Crippen LogP contribution in [-0.2, 0) is 25.3 Å². The van der Waals surface area contributed by atoms with Gasteiger partial charge in [0.25, 0.3) is 10.4 Å². The molecule has 0 radical (unpaired) electrons. The lowest BCUT2D eigenvalue weighted by atomic mass is 9.81. The van der Waals surface area contributed by atoms with Gasteiger partial charge in [-0.25, -0.2) is 23.1 Å². The molecule has 4 atom stereocenters. The summed E-state index contributed by atoms with van der Waals surface area (Å²) in [5.74, 6) is -2.95. The van der Waals surface area contributed by atoms with Crippen LogP contribution in [0.5, 0.6) is 0 Å². The number of aromatic nitrogens is 3. The molecule has 2 N–H and O–H groups in total. The molecule has 1 amide bonds. The van der Waals surface area contributed by atoms with Crippen LogP contribution in [0.4, 0.5) is 13.6 Å². The average molecular weight is 576 g/mol. The normalized spacial score (nSPS) is 20.1. The highest BCUT2D eigenvalue weighted by molar-refractivity contribution is 8.66. The van der Waals surface area contributed by atoms with Gasteiger partial charge in [-0.3, -0.25) is 0 Å². The highest BCUT2D eigenvalue weighted by atomic mass is 33.2. The lowest BCUT2D eigenvalue weighted by Gasteiger charge is -2.33. The van der Waals surface area contributed by atoms with E-state index in [1.54, 1.807) is 64.5 Å². The third-order valence-corrected chi connectivity index (χ3v) is 10.6. The number of fused-ring (bicyclic) bond motifs is 1. The van der Waals surface area contributed by atoms with Crippen LogP contribution in [0.2, 0.25) is 0 Å². The zero-order chi connectivity index (χ0) is 28.5. The maximum atomic E-state index is 13.9. The van der Waals surface area contributed by atoms with E-state index < -0.39 is 49.0 Å². The molecule has 0 aliphatic heterocycles. The molecule has 1 aliphatic rings. The van der Waals surface area contributed by atoms with E-state index in [1.165, 1.54) is 0 Å². The zero-order valence-corrected chi connectivity index (χ0v) is 24.7. The topological polar surface area (TPSA) is 127 Å². The van der Waals surface area contributed by atoms with Crippen molar-refractivity contribution in [2.45, 2.75) is 109 Å². The second-order valence-electron chi connectivity index (χ2n) is 11.7. The minimum atomic E-state index is -2.71. The van der Waals surface area contributed by atoms with Crippen molar-refractivity contribution in [3.8, 4) is 0 Å². The molecule has 0 saturated heterocycles. The Morgan fingerprint density at radius 1 is 1.24 bits per heavy atom. The fourth-order valence-electron chi connectivity index (χ4n) is 4.29. The van der Waals surface area contributed by atoms with Crippen molar-refractivity contribution in [3.05, 3.63) is 29.7 Å². The molecule has 214 valence electrons. The highest BCUT2D eigenvalue weighted by Gasteiger charge is 2.41. The number of carbonyl (C=O) groups excluding carboxylic acids is 1. The molecule has 2 heterocycles. The molecule has 2 unspecified atom stereocenters. The molecule has 0 bridgehead atoms. The number of halogens is 2. The summed E-state index contributed by atoms with van der Waals surface area (Å²) < 4.78 is 62.2. The van der Waals surface area contributed by atoms with Gasteiger partial charge < -0.3 is 19.2 Å². The highest BCUT2D eigenvalue weighted by Crippen LogP contribution is 2.41. The largest absolute Gasteiger partial charge is 0.569 e. The second kappa shape index (κ2) is 11.8. The van der Waals surface area contributed by atoms with Crippen LogP contribution >= 0.6 is 0 Å². The first-order chi connectivity index (χ1) is 17.5. The second-order valence-corrected chi connectivity index (χ2v) is 16.0. The molecule has 0 aromatic carbocycles. The predicted octanol–water partition coefficient (Wildman–Crippen LogP) is 5.29. The van der Waals surface area contributed by atoms with E-state index in [1.807, 2.05) is 6.92 Å². The number of imidazole rings is 1. The Kier molecular flexibility index (Phi) is 9.61. The molecular weight excluding hydrogens is 536 g/mol. The molecule has 1 fully saturated rings. The van der Waals surface area contributed by atoms with Crippen LogP contribution in [0.1, 0.15) is 104 Å². The molecule has 1 saturated carbocycles. The fraction of sp³-hybridized carbons (Fsp3) is 0.720. The number of nitrogens with one attached hydrogen (secondary N) is 2. The zero-order valence-electron chi connectivity index (χ0n) is 23.0. The quantitative estimate of drug-likeness (QED) is 0.324. The number of carbonyl (C=O) groups is 1. The standard InChI is InChI=1S/C25H39F2N5O4S2/c1-8-18(31-38(35)37(34)24(5,6)7)17-13-20-29-19(15-32(20)28-14-17)21(30-22(33)36-23(2,3)4)16-9-11-25(26,27)12-10-16/h13-16,18,21,31H,8-12H2,1-7H3,(H,30,33)/t18-,21+,37?,38?/m1/s1. The van der Waals surface area contributed by atoms with E-state index in [4.69, 9.17) is 4.74 Å². The van der Waals surface area contributed by atoms with Crippen LogP contribution in [-0.4, -0.2) is 46.1 Å². The molecule has 3 rings (SSSR count). The monoisotopic (exact) mass is 575 g/mol. The Labute approximate surface area is 228 Å². The molecule has 38 heavy (non-hydrogen) atoms. The van der Waals surface area contributed by atoms with Crippen LogP contribution in [0.25, 0.3) is 5.65 Å². The van der Waals surface area contributed by atoms with E-state index in [-0.39, 0.29) is 37.6 Å². The van der Waals surface area contributed by atoms with Crippen molar-refractivity contribution in [3.63, 3.8) is 0 Å². The number of alkyl halides is 2. The molecule has 13 heteroatoms. The summed E-state index contributed by atoms with van der Waals surface area (Å²) in [6, 6.07) is 0.776. The maximum Gasteiger partial charge on any atom is 0.408 e. The predicted molar refractivity (Wildman–Crippen MR) is 144 cm³/mol. The van der Waals surface area contributed by atoms with Gasteiger partial charge in [0, 0.05) is 12.8 Å². The van der Waals surface area contributed by atoms with Crippen LogP contribution in [0, 0.1) is 5.92 Å². The van der Waals surface area contributed by atoms with Gasteiger partial charge in [-0.2, -0.15) is 5.10 Å². The Morgan fingerprint density at radius 3 is 2.42 bits per heavy atom. The van der Waals surface area contributed by atoms with E-state index in [0.29, 0.717) is 23.3 Å². The number of ether oxygens (including phenoxy) is 1. The van der Waals surface area contributed by atoms with E-state index >= 15 is 0 Å². The first kappa shape index (κ1) is 30.9. The van der Waals surface area contributed by atoms with E-state index in [2.05, 4.69) is 20.1 Å². The van der Waals surface area contributed by atoms with Gasteiger partial charge in [0.05, 0.1) is 30.2 Å². The Balaban J connectivity index is 1.87. The first-order valence-corrected chi connectivity index (χ1v) is 15.6. The summed E-state index contributed by atoms with van der Waals surface area (Å²) in [7, 11) is -3.40. The Bertz CT molecular complexity index is 1100. The van der Waals surface area contributed by atoms with Crippen LogP contribution in [0.15, 0.2) is 18.5 Å². The van der Waals surface area contributed by atoms with Crippen molar-refractivity contribution < 1.29 is 27.4 Å². The number of hydrogen-bond acceptors (Lipinski definition) is 7. The summed E-state index contributed by atoms with van der Waals surface area (Å²) in [6.45, 7) is 12.5. The number of rotatable bonds is 8. The molecule has 9 nitrogen and oxygen atoms in total. The Morgan fingerprint density at radius 2 is 1.87 bits per heavy atom. The third-order valence-electron chi connectivity index (χ3n) is 6.27. The van der Waals surface area contributed by atoms with Gasteiger partial charge >= 0.3 is 6.09 Å². The van der Waals surface area contributed by atoms with Crippen LogP contribution < -0.4 is 10.0 Å². The van der Waals surface area contributed by atoms with Gasteiger partial charge in [0.15, 0.2) is 20.6 Å². The van der Waals surface area contributed by atoms with Gasteiger partial charge in [-0.1, -0.05) is 11.6 Å².